The zero-order valence-corrected chi connectivity index (χ0v) is 13.3. The van der Waals surface area contributed by atoms with Gasteiger partial charge in [-0.25, -0.2) is 0 Å². The summed E-state index contributed by atoms with van der Waals surface area (Å²) in [6.07, 6.45) is 13.4. The second-order valence-electron chi connectivity index (χ2n) is 5.48. The van der Waals surface area contributed by atoms with Gasteiger partial charge in [-0.3, -0.25) is 0 Å². The normalized spacial score (nSPS) is 12.9. The van der Waals surface area contributed by atoms with Crippen molar-refractivity contribution in [1.82, 2.24) is 5.32 Å². The molecule has 0 aromatic heterocycles. The SMILES string of the molecule is CC/C=C/[C@@H](CCc1ccccc1)NCCCCCC. The number of unbranched alkanes of at least 4 members (excludes halogenated alkanes) is 3. The van der Waals surface area contributed by atoms with Crippen molar-refractivity contribution in [3.8, 4) is 0 Å². The molecule has 0 aliphatic rings. The molecule has 1 N–H and O–H groups in total. The number of aryl methyl sites for hydroxylation is 1. The summed E-state index contributed by atoms with van der Waals surface area (Å²) in [6.45, 7) is 5.61. The molecule has 0 aliphatic heterocycles. The molecule has 1 rings (SSSR count). The summed E-state index contributed by atoms with van der Waals surface area (Å²) in [5, 5.41) is 3.70. The Balaban J connectivity index is 2.30. The lowest BCUT2D eigenvalue weighted by Gasteiger charge is -2.15. The zero-order valence-electron chi connectivity index (χ0n) is 13.3. The zero-order chi connectivity index (χ0) is 14.5. The predicted octanol–water partition coefficient (Wildman–Crippen LogP) is 5.12. The number of hydrogen-bond acceptors (Lipinski definition) is 1. The monoisotopic (exact) mass is 273 g/mol. The molecule has 1 heteroatoms. The molecular weight excluding hydrogens is 242 g/mol. The van der Waals surface area contributed by atoms with Gasteiger partial charge in [-0.1, -0.05) is 75.6 Å². The largest absolute Gasteiger partial charge is 0.311 e. The quantitative estimate of drug-likeness (QED) is 0.435. The Morgan fingerprint density at radius 3 is 2.55 bits per heavy atom. The second kappa shape index (κ2) is 11.7. The van der Waals surface area contributed by atoms with Crippen molar-refractivity contribution in [2.75, 3.05) is 6.54 Å². The van der Waals surface area contributed by atoms with Gasteiger partial charge in [-0.2, -0.15) is 0 Å². The van der Waals surface area contributed by atoms with E-state index in [9.17, 15) is 0 Å². The van der Waals surface area contributed by atoms with Crippen LogP contribution in [0.25, 0.3) is 0 Å². The summed E-state index contributed by atoms with van der Waals surface area (Å²) in [6, 6.07) is 11.3. The smallest absolute Gasteiger partial charge is 0.0253 e. The molecule has 1 aromatic carbocycles. The van der Waals surface area contributed by atoms with Gasteiger partial charge in [0.25, 0.3) is 0 Å². The minimum absolute atomic E-state index is 0.525. The molecule has 0 aliphatic carbocycles. The predicted molar refractivity (Wildman–Crippen MR) is 90.1 cm³/mol. The summed E-state index contributed by atoms with van der Waals surface area (Å²) < 4.78 is 0. The summed E-state index contributed by atoms with van der Waals surface area (Å²) in [5.41, 5.74) is 1.44. The average Bonchev–Trinajstić information content (AvgIpc) is 2.50. The average molecular weight is 273 g/mol. The van der Waals surface area contributed by atoms with Crippen LogP contribution in [0.5, 0.6) is 0 Å². The Hall–Kier alpha value is -1.08. The molecule has 0 spiro atoms. The standard InChI is InChI=1S/C19H31N/c1-3-5-7-11-17-20-19(14-6-4-2)16-15-18-12-9-8-10-13-18/h6,8-10,12-14,19-20H,3-5,7,11,15-17H2,1-2H3/b14-6+/t19-/m0/s1. The first-order chi connectivity index (χ1) is 9.86. The Kier molecular flexibility index (Phi) is 9.95. The third kappa shape index (κ3) is 8.16. The fourth-order valence-corrected chi connectivity index (χ4v) is 2.37. The molecular formula is C19H31N. The molecule has 0 saturated heterocycles. The molecule has 0 bridgehead atoms. The van der Waals surface area contributed by atoms with E-state index in [4.69, 9.17) is 0 Å². The van der Waals surface area contributed by atoms with E-state index in [1.54, 1.807) is 0 Å². The van der Waals surface area contributed by atoms with E-state index in [0.717, 1.165) is 19.4 Å². The number of benzene rings is 1. The maximum Gasteiger partial charge on any atom is 0.0253 e. The number of nitrogens with one attached hydrogen (secondary N) is 1. The van der Waals surface area contributed by atoms with Crippen molar-refractivity contribution in [3.63, 3.8) is 0 Å². The van der Waals surface area contributed by atoms with E-state index in [2.05, 4.69) is 61.6 Å². The van der Waals surface area contributed by atoms with Crippen LogP contribution in [-0.2, 0) is 6.42 Å². The third-order valence-corrected chi connectivity index (χ3v) is 3.63. The molecule has 112 valence electrons. The van der Waals surface area contributed by atoms with Crippen molar-refractivity contribution < 1.29 is 0 Å². The third-order valence-electron chi connectivity index (χ3n) is 3.63. The summed E-state index contributed by atoms with van der Waals surface area (Å²) in [5.74, 6) is 0. The van der Waals surface area contributed by atoms with Gasteiger partial charge >= 0.3 is 0 Å². The van der Waals surface area contributed by atoms with E-state index in [-0.39, 0.29) is 0 Å². The first-order valence-electron chi connectivity index (χ1n) is 8.30. The lowest BCUT2D eigenvalue weighted by molar-refractivity contribution is 0.526. The van der Waals surface area contributed by atoms with Crippen LogP contribution in [0.1, 0.15) is 57.9 Å². The van der Waals surface area contributed by atoms with E-state index >= 15 is 0 Å². The lowest BCUT2D eigenvalue weighted by Crippen LogP contribution is -2.28. The lowest BCUT2D eigenvalue weighted by atomic mass is 10.0. The Labute approximate surface area is 125 Å². The van der Waals surface area contributed by atoms with E-state index in [0.29, 0.717) is 6.04 Å². The molecule has 1 nitrogen and oxygen atoms in total. The minimum atomic E-state index is 0.525. The molecule has 1 aromatic rings. The summed E-state index contributed by atoms with van der Waals surface area (Å²) in [4.78, 5) is 0. The van der Waals surface area contributed by atoms with Gasteiger partial charge in [-0.05, 0) is 37.8 Å². The highest BCUT2D eigenvalue weighted by Crippen LogP contribution is 2.07. The van der Waals surface area contributed by atoms with Gasteiger partial charge in [0.2, 0.25) is 0 Å². The highest BCUT2D eigenvalue weighted by atomic mass is 14.9. The van der Waals surface area contributed by atoms with E-state index in [1.165, 1.54) is 37.7 Å². The van der Waals surface area contributed by atoms with Crippen molar-refractivity contribution in [1.29, 1.82) is 0 Å². The van der Waals surface area contributed by atoms with Crippen LogP contribution in [0.3, 0.4) is 0 Å². The first kappa shape index (κ1) is 17.0. The van der Waals surface area contributed by atoms with Crippen molar-refractivity contribution in [2.45, 2.75) is 64.8 Å². The Bertz CT molecular complexity index is 342. The van der Waals surface area contributed by atoms with Crippen LogP contribution in [0.2, 0.25) is 0 Å². The van der Waals surface area contributed by atoms with Crippen molar-refractivity contribution in [2.24, 2.45) is 0 Å². The van der Waals surface area contributed by atoms with E-state index in [1.807, 2.05) is 0 Å². The Morgan fingerprint density at radius 2 is 1.85 bits per heavy atom. The molecule has 0 fully saturated rings. The van der Waals surface area contributed by atoms with Gasteiger partial charge in [0.1, 0.15) is 0 Å². The van der Waals surface area contributed by atoms with Crippen LogP contribution in [0.15, 0.2) is 42.5 Å². The number of rotatable bonds is 11. The topological polar surface area (TPSA) is 12.0 Å². The number of hydrogen-bond donors (Lipinski definition) is 1. The minimum Gasteiger partial charge on any atom is -0.311 e. The van der Waals surface area contributed by atoms with Gasteiger partial charge in [0, 0.05) is 6.04 Å². The molecule has 0 unspecified atom stereocenters. The fourth-order valence-electron chi connectivity index (χ4n) is 2.37. The molecule has 0 heterocycles. The van der Waals surface area contributed by atoms with Gasteiger partial charge in [-0.15, -0.1) is 0 Å². The van der Waals surface area contributed by atoms with Crippen LogP contribution >= 0.6 is 0 Å². The van der Waals surface area contributed by atoms with Gasteiger partial charge < -0.3 is 5.32 Å². The molecule has 0 saturated carbocycles. The maximum absolute atomic E-state index is 3.70. The van der Waals surface area contributed by atoms with Crippen molar-refractivity contribution >= 4 is 0 Å². The summed E-state index contributed by atoms with van der Waals surface area (Å²) in [7, 11) is 0. The molecule has 1 atom stereocenters. The molecule has 0 radical (unpaired) electrons. The Morgan fingerprint density at radius 1 is 1.05 bits per heavy atom. The number of allylic oxidation sites excluding steroid dienone is 1. The van der Waals surface area contributed by atoms with Crippen LogP contribution in [-0.4, -0.2) is 12.6 Å². The van der Waals surface area contributed by atoms with E-state index < -0.39 is 0 Å². The van der Waals surface area contributed by atoms with Gasteiger partial charge in [0.05, 0.1) is 0 Å². The maximum atomic E-state index is 3.70. The molecule has 20 heavy (non-hydrogen) atoms. The van der Waals surface area contributed by atoms with Crippen LogP contribution < -0.4 is 5.32 Å². The first-order valence-corrected chi connectivity index (χ1v) is 8.30. The highest BCUT2D eigenvalue weighted by Gasteiger charge is 2.04. The van der Waals surface area contributed by atoms with Crippen LogP contribution in [0, 0.1) is 0 Å². The van der Waals surface area contributed by atoms with Crippen LogP contribution in [0.4, 0.5) is 0 Å². The molecule has 0 amide bonds. The van der Waals surface area contributed by atoms with Crippen molar-refractivity contribution in [3.05, 3.63) is 48.0 Å². The summed E-state index contributed by atoms with van der Waals surface area (Å²) >= 11 is 0. The second-order valence-corrected chi connectivity index (χ2v) is 5.48. The fraction of sp³-hybridized carbons (Fsp3) is 0.579. The highest BCUT2D eigenvalue weighted by molar-refractivity contribution is 5.15. The van der Waals surface area contributed by atoms with Gasteiger partial charge in [0.15, 0.2) is 0 Å².